The van der Waals surface area contributed by atoms with Crippen molar-refractivity contribution >= 4 is 11.8 Å². The van der Waals surface area contributed by atoms with Crippen molar-refractivity contribution in [3.63, 3.8) is 0 Å². The highest BCUT2D eigenvalue weighted by Crippen LogP contribution is 2.30. The maximum Gasteiger partial charge on any atom is 0.347 e. The van der Waals surface area contributed by atoms with Crippen LogP contribution in [0, 0.1) is 0 Å². The van der Waals surface area contributed by atoms with E-state index < -0.39 is 11.6 Å². The van der Waals surface area contributed by atoms with Gasteiger partial charge in [0.2, 0.25) is 0 Å². The molecular formula is C24H29NO4. The van der Waals surface area contributed by atoms with Crippen molar-refractivity contribution in [2.24, 2.45) is 0 Å². The summed E-state index contributed by atoms with van der Waals surface area (Å²) in [4.78, 5) is 24.3. The summed E-state index contributed by atoms with van der Waals surface area (Å²) in [7, 11) is 0. The summed E-state index contributed by atoms with van der Waals surface area (Å²) in [5.74, 6) is 0.0823. The summed E-state index contributed by atoms with van der Waals surface area (Å²) in [6.45, 7) is 8.04. The number of ketones is 1. The first-order valence-electron chi connectivity index (χ1n) is 10.1. The number of ether oxygens (including phenoxy) is 1. The van der Waals surface area contributed by atoms with E-state index in [0.29, 0.717) is 24.6 Å². The monoisotopic (exact) mass is 395 g/mol. The maximum absolute atomic E-state index is 13.0. The number of fused-ring (bicyclic) bond motifs is 1. The average molecular weight is 395 g/mol. The van der Waals surface area contributed by atoms with Gasteiger partial charge in [-0.2, -0.15) is 0 Å². The first-order valence-corrected chi connectivity index (χ1v) is 10.1. The topological polar surface area (TPSA) is 75.6 Å². The fourth-order valence-corrected chi connectivity index (χ4v) is 3.55. The standard InChI is InChI=1S/C24H29NO4/c1-15(2)17-7-5-16(6-8-17)13-21(26)22-20-10-9-19(14-18(20)11-12-25-22)29-24(3,4)23(27)28/h5-10,14-15,22,25H,11-13H2,1-4H3,(H,27,28). The van der Waals surface area contributed by atoms with E-state index in [-0.39, 0.29) is 11.8 Å². The average Bonchev–Trinajstić information content (AvgIpc) is 2.67. The molecule has 1 aliphatic rings. The predicted molar refractivity (Wildman–Crippen MR) is 112 cm³/mol. The molecule has 1 unspecified atom stereocenters. The summed E-state index contributed by atoms with van der Waals surface area (Å²) < 4.78 is 5.65. The van der Waals surface area contributed by atoms with Gasteiger partial charge >= 0.3 is 5.97 Å². The van der Waals surface area contributed by atoms with Gasteiger partial charge in [0.1, 0.15) is 5.75 Å². The van der Waals surface area contributed by atoms with Crippen LogP contribution in [0.2, 0.25) is 0 Å². The van der Waals surface area contributed by atoms with Gasteiger partial charge in [0, 0.05) is 13.0 Å². The van der Waals surface area contributed by atoms with Gasteiger partial charge in [0.25, 0.3) is 0 Å². The molecule has 0 fully saturated rings. The Morgan fingerprint density at radius 2 is 1.86 bits per heavy atom. The highest BCUT2D eigenvalue weighted by molar-refractivity contribution is 5.88. The van der Waals surface area contributed by atoms with E-state index in [1.807, 2.05) is 24.3 Å². The number of nitrogens with one attached hydrogen (secondary N) is 1. The predicted octanol–water partition coefficient (Wildman–Crippen LogP) is 4.05. The zero-order chi connectivity index (χ0) is 21.2. The highest BCUT2D eigenvalue weighted by Gasteiger charge is 2.31. The van der Waals surface area contributed by atoms with Crippen LogP contribution in [-0.2, 0) is 22.4 Å². The Hall–Kier alpha value is -2.66. The van der Waals surface area contributed by atoms with Crippen LogP contribution in [0.4, 0.5) is 0 Å². The quantitative estimate of drug-likeness (QED) is 0.740. The Bertz CT molecular complexity index is 900. The van der Waals surface area contributed by atoms with Crippen molar-refractivity contribution in [2.45, 2.75) is 58.1 Å². The number of Topliss-reactive ketones (excluding diaryl/α,β-unsaturated/α-hetero) is 1. The van der Waals surface area contributed by atoms with Crippen LogP contribution < -0.4 is 10.1 Å². The summed E-state index contributed by atoms with van der Waals surface area (Å²) >= 11 is 0. The molecule has 2 aromatic carbocycles. The SMILES string of the molecule is CC(C)c1ccc(CC(=O)C2NCCc3cc(OC(C)(C)C(=O)O)ccc32)cc1. The van der Waals surface area contributed by atoms with Gasteiger partial charge in [0.15, 0.2) is 11.4 Å². The van der Waals surface area contributed by atoms with Gasteiger partial charge in [-0.25, -0.2) is 4.79 Å². The number of carbonyl (C=O) groups is 2. The van der Waals surface area contributed by atoms with Gasteiger partial charge < -0.3 is 15.2 Å². The lowest BCUT2D eigenvalue weighted by Gasteiger charge is -2.28. The van der Waals surface area contributed by atoms with Crippen molar-refractivity contribution in [1.82, 2.24) is 5.32 Å². The van der Waals surface area contributed by atoms with Crippen molar-refractivity contribution in [3.8, 4) is 5.75 Å². The minimum atomic E-state index is -1.31. The number of benzene rings is 2. The first-order chi connectivity index (χ1) is 13.7. The Balaban J connectivity index is 1.76. The third kappa shape index (κ3) is 4.85. The van der Waals surface area contributed by atoms with Crippen LogP contribution in [0.1, 0.15) is 61.9 Å². The minimum Gasteiger partial charge on any atom is -0.478 e. The molecule has 0 spiro atoms. The normalized spacial score (nSPS) is 16.4. The second kappa shape index (κ2) is 8.37. The molecule has 2 aromatic rings. The zero-order valence-corrected chi connectivity index (χ0v) is 17.5. The number of hydrogen-bond acceptors (Lipinski definition) is 4. The van der Waals surface area contributed by atoms with E-state index in [4.69, 9.17) is 4.74 Å². The molecule has 0 bridgehead atoms. The van der Waals surface area contributed by atoms with Gasteiger partial charge in [-0.1, -0.05) is 44.2 Å². The van der Waals surface area contributed by atoms with Crippen LogP contribution in [0.3, 0.4) is 0 Å². The molecule has 1 aliphatic heterocycles. The minimum absolute atomic E-state index is 0.128. The largest absolute Gasteiger partial charge is 0.478 e. The van der Waals surface area contributed by atoms with E-state index in [1.54, 1.807) is 6.07 Å². The molecule has 0 saturated heterocycles. The number of aliphatic carboxylic acids is 1. The van der Waals surface area contributed by atoms with Gasteiger partial charge in [-0.05, 0) is 60.6 Å². The Labute approximate surface area is 172 Å². The van der Waals surface area contributed by atoms with Crippen molar-refractivity contribution in [1.29, 1.82) is 0 Å². The van der Waals surface area contributed by atoms with Crippen LogP contribution in [-0.4, -0.2) is 29.0 Å². The molecular weight excluding hydrogens is 366 g/mol. The molecule has 0 amide bonds. The fraction of sp³-hybridized carbons (Fsp3) is 0.417. The van der Waals surface area contributed by atoms with Crippen molar-refractivity contribution in [2.75, 3.05) is 6.54 Å². The van der Waals surface area contributed by atoms with Crippen LogP contribution >= 0.6 is 0 Å². The van der Waals surface area contributed by atoms with Crippen molar-refractivity contribution < 1.29 is 19.4 Å². The molecule has 1 atom stereocenters. The molecule has 1 heterocycles. The Kier molecular flexibility index (Phi) is 6.08. The Morgan fingerprint density at radius 1 is 1.17 bits per heavy atom. The molecule has 3 rings (SSSR count). The molecule has 0 saturated carbocycles. The van der Waals surface area contributed by atoms with Gasteiger partial charge in [-0.3, -0.25) is 4.79 Å². The van der Waals surface area contributed by atoms with E-state index in [0.717, 1.165) is 23.1 Å². The molecule has 154 valence electrons. The number of carboxylic acids is 1. The second-order valence-corrected chi connectivity index (χ2v) is 8.45. The summed E-state index contributed by atoms with van der Waals surface area (Å²) in [6, 6.07) is 13.4. The maximum atomic E-state index is 13.0. The molecule has 5 nitrogen and oxygen atoms in total. The van der Waals surface area contributed by atoms with Crippen molar-refractivity contribution in [3.05, 3.63) is 64.7 Å². The van der Waals surface area contributed by atoms with E-state index in [1.165, 1.54) is 19.4 Å². The van der Waals surface area contributed by atoms with Crippen LogP contribution in [0.25, 0.3) is 0 Å². The fourth-order valence-electron chi connectivity index (χ4n) is 3.55. The lowest BCUT2D eigenvalue weighted by Crippen LogP contribution is -2.38. The number of rotatable bonds is 7. The molecule has 2 N–H and O–H groups in total. The number of hydrogen-bond donors (Lipinski definition) is 2. The first kappa shape index (κ1) is 21.1. The van der Waals surface area contributed by atoms with E-state index >= 15 is 0 Å². The van der Waals surface area contributed by atoms with Crippen LogP contribution in [0.15, 0.2) is 42.5 Å². The smallest absolute Gasteiger partial charge is 0.347 e. The molecule has 0 aromatic heterocycles. The highest BCUT2D eigenvalue weighted by atomic mass is 16.5. The summed E-state index contributed by atoms with van der Waals surface area (Å²) in [6.07, 6.45) is 1.15. The van der Waals surface area contributed by atoms with E-state index in [2.05, 4.69) is 31.3 Å². The molecule has 29 heavy (non-hydrogen) atoms. The van der Waals surface area contributed by atoms with Crippen LogP contribution in [0.5, 0.6) is 5.75 Å². The molecule has 0 aliphatic carbocycles. The number of carbonyl (C=O) groups excluding carboxylic acids is 1. The summed E-state index contributed by atoms with van der Waals surface area (Å²) in [5.41, 5.74) is 2.94. The lowest BCUT2D eigenvalue weighted by molar-refractivity contribution is -0.152. The second-order valence-electron chi connectivity index (χ2n) is 8.45. The lowest BCUT2D eigenvalue weighted by atomic mass is 9.89. The Morgan fingerprint density at radius 3 is 2.48 bits per heavy atom. The third-order valence-corrected chi connectivity index (χ3v) is 5.40. The van der Waals surface area contributed by atoms with Gasteiger partial charge in [-0.15, -0.1) is 0 Å². The molecule has 0 radical (unpaired) electrons. The third-order valence-electron chi connectivity index (χ3n) is 5.40. The zero-order valence-electron chi connectivity index (χ0n) is 17.5. The summed E-state index contributed by atoms with van der Waals surface area (Å²) in [5, 5.41) is 12.6. The van der Waals surface area contributed by atoms with Gasteiger partial charge in [0.05, 0.1) is 6.04 Å². The van der Waals surface area contributed by atoms with E-state index in [9.17, 15) is 14.7 Å². The molecule has 5 heteroatoms. The number of carboxylic acid groups (broad SMARTS) is 1.